The summed E-state index contributed by atoms with van der Waals surface area (Å²) in [6, 6.07) is 9.12. The third-order valence-corrected chi connectivity index (χ3v) is 5.19. The number of amides is 1. The summed E-state index contributed by atoms with van der Waals surface area (Å²) in [5.74, 6) is 1.40. The van der Waals surface area contributed by atoms with Gasteiger partial charge in [-0.3, -0.25) is 14.0 Å². The second-order valence-corrected chi connectivity index (χ2v) is 6.97. The molecule has 3 heterocycles. The molecule has 8 heteroatoms. The number of halogens is 1. The minimum atomic E-state index is -0.395. The number of benzene rings is 1. The first kappa shape index (κ1) is 16.8. The van der Waals surface area contributed by atoms with Crippen LogP contribution in [-0.4, -0.2) is 35.4 Å². The molecule has 0 N–H and O–H groups in total. The molecule has 0 saturated carbocycles. The van der Waals surface area contributed by atoms with Gasteiger partial charge in [-0.1, -0.05) is 29.8 Å². The van der Waals surface area contributed by atoms with Crippen LogP contribution < -0.4 is 0 Å². The normalized spacial score (nSPS) is 16.8. The van der Waals surface area contributed by atoms with E-state index in [1.54, 1.807) is 9.58 Å². The van der Waals surface area contributed by atoms with E-state index in [-0.39, 0.29) is 5.91 Å². The van der Waals surface area contributed by atoms with Gasteiger partial charge in [0.25, 0.3) is 0 Å². The molecule has 1 amide bonds. The van der Waals surface area contributed by atoms with Gasteiger partial charge in [0.15, 0.2) is 11.6 Å². The Bertz CT molecular complexity index is 972. The van der Waals surface area contributed by atoms with Gasteiger partial charge < -0.3 is 4.90 Å². The third-order valence-electron chi connectivity index (χ3n) is 4.82. The summed E-state index contributed by atoms with van der Waals surface area (Å²) >= 11 is 6.25. The molecule has 1 atom stereocenters. The molecular weight excluding hydrogens is 352 g/mol. The first-order valence-corrected chi connectivity index (χ1v) is 8.80. The minimum absolute atomic E-state index is 0.0196. The Hall–Kier alpha value is -2.67. The summed E-state index contributed by atoms with van der Waals surface area (Å²) in [7, 11) is 1.88. The highest BCUT2D eigenvalue weighted by atomic mass is 35.5. The molecule has 2 aromatic heterocycles. The zero-order valence-electron chi connectivity index (χ0n) is 14.8. The largest absolute Gasteiger partial charge is 0.329 e. The van der Waals surface area contributed by atoms with Gasteiger partial charge in [-0.15, -0.1) is 10.2 Å². The first-order chi connectivity index (χ1) is 12.5. The van der Waals surface area contributed by atoms with Gasteiger partial charge in [-0.2, -0.15) is 5.10 Å². The molecule has 0 spiro atoms. The van der Waals surface area contributed by atoms with Crippen molar-refractivity contribution in [1.82, 2.24) is 29.4 Å². The number of aryl methyl sites for hydroxylation is 2. The number of rotatable bonds is 3. The number of hydrogen-bond acceptors (Lipinski definition) is 4. The van der Waals surface area contributed by atoms with Crippen molar-refractivity contribution in [3.63, 3.8) is 0 Å². The zero-order chi connectivity index (χ0) is 18.4. The maximum Gasteiger partial charge on any atom is 0.246 e. The molecule has 26 heavy (non-hydrogen) atoms. The minimum Gasteiger partial charge on any atom is -0.329 e. The quantitative estimate of drug-likeness (QED) is 0.710. The van der Waals surface area contributed by atoms with Crippen molar-refractivity contribution in [2.24, 2.45) is 7.05 Å². The summed E-state index contributed by atoms with van der Waals surface area (Å²) < 4.78 is 3.67. The van der Waals surface area contributed by atoms with Crippen LogP contribution in [0.2, 0.25) is 5.02 Å². The Kier molecular flexibility index (Phi) is 4.03. The van der Waals surface area contributed by atoms with Crippen LogP contribution in [0.5, 0.6) is 0 Å². The van der Waals surface area contributed by atoms with Crippen LogP contribution in [0, 0.1) is 6.92 Å². The Morgan fingerprint density at radius 3 is 2.73 bits per heavy atom. The van der Waals surface area contributed by atoms with Crippen molar-refractivity contribution in [1.29, 1.82) is 0 Å². The number of hydrogen-bond donors (Lipinski definition) is 0. The van der Waals surface area contributed by atoms with E-state index in [1.165, 1.54) is 0 Å². The number of carbonyl (C=O) groups excluding carboxylic acids is 1. The Balaban J connectivity index is 1.67. The van der Waals surface area contributed by atoms with E-state index in [0.717, 1.165) is 22.8 Å². The summed E-state index contributed by atoms with van der Waals surface area (Å²) in [6.07, 6.45) is 0. The molecule has 4 rings (SSSR count). The third kappa shape index (κ3) is 2.68. The lowest BCUT2D eigenvalue weighted by atomic mass is 10.1. The molecule has 134 valence electrons. The fourth-order valence-electron chi connectivity index (χ4n) is 3.27. The average Bonchev–Trinajstić information content (AvgIpc) is 3.18. The van der Waals surface area contributed by atoms with Crippen LogP contribution >= 0.6 is 11.6 Å². The Morgan fingerprint density at radius 1 is 1.27 bits per heavy atom. The molecular formula is C18H19ClN6O. The number of fused-ring (bicyclic) bond motifs is 1. The second kappa shape index (κ2) is 6.25. The average molecular weight is 371 g/mol. The number of aromatic nitrogens is 5. The van der Waals surface area contributed by atoms with Crippen LogP contribution in [0.4, 0.5) is 0 Å². The second-order valence-electron chi connectivity index (χ2n) is 6.57. The Labute approximate surface area is 156 Å². The highest BCUT2D eigenvalue weighted by Crippen LogP contribution is 2.29. The van der Waals surface area contributed by atoms with Gasteiger partial charge in [0.05, 0.1) is 6.54 Å². The van der Waals surface area contributed by atoms with Crippen LogP contribution in [-0.2, 0) is 24.9 Å². The molecule has 0 aliphatic carbocycles. The van der Waals surface area contributed by atoms with Crippen LogP contribution in [0.15, 0.2) is 30.3 Å². The summed E-state index contributed by atoms with van der Waals surface area (Å²) in [5, 5.41) is 13.7. The smallest absolute Gasteiger partial charge is 0.246 e. The van der Waals surface area contributed by atoms with Gasteiger partial charge >= 0.3 is 0 Å². The fraction of sp³-hybridized carbons (Fsp3) is 0.333. The zero-order valence-corrected chi connectivity index (χ0v) is 15.6. The van der Waals surface area contributed by atoms with E-state index in [0.29, 0.717) is 23.9 Å². The highest BCUT2D eigenvalue weighted by Gasteiger charge is 2.34. The van der Waals surface area contributed by atoms with E-state index in [2.05, 4.69) is 15.3 Å². The number of nitrogens with zero attached hydrogens (tertiary/aromatic N) is 6. The summed E-state index contributed by atoms with van der Waals surface area (Å²) in [4.78, 5) is 14.7. The first-order valence-electron chi connectivity index (χ1n) is 8.42. The molecule has 1 aliphatic rings. The van der Waals surface area contributed by atoms with Gasteiger partial charge in [0.2, 0.25) is 5.91 Å². The van der Waals surface area contributed by atoms with Crippen molar-refractivity contribution in [3.05, 3.63) is 52.4 Å². The molecule has 3 aromatic rings. The maximum absolute atomic E-state index is 12.9. The monoisotopic (exact) mass is 370 g/mol. The van der Waals surface area contributed by atoms with Crippen molar-refractivity contribution in [3.8, 4) is 11.5 Å². The van der Waals surface area contributed by atoms with E-state index >= 15 is 0 Å². The van der Waals surface area contributed by atoms with Crippen molar-refractivity contribution in [2.45, 2.75) is 33.0 Å². The Morgan fingerprint density at radius 2 is 2.04 bits per heavy atom. The van der Waals surface area contributed by atoms with Crippen molar-refractivity contribution >= 4 is 17.5 Å². The van der Waals surface area contributed by atoms with E-state index in [4.69, 9.17) is 11.6 Å². The van der Waals surface area contributed by atoms with E-state index in [9.17, 15) is 4.79 Å². The molecule has 1 aromatic carbocycles. The molecule has 0 unspecified atom stereocenters. The van der Waals surface area contributed by atoms with Crippen LogP contribution in [0.25, 0.3) is 11.5 Å². The SMILES string of the molecule is Cc1cc(-c2nnc3n2[C@@H](C)C(=O)N(Cc2ccccc2Cl)C3)nn1C. The molecule has 7 nitrogen and oxygen atoms in total. The van der Waals surface area contributed by atoms with Gasteiger partial charge in [0.1, 0.15) is 11.7 Å². The molecule has 0 saturated heterocycles. The summed E-state index contributed by atoms with van der Waals surface area (Å²) in [6.45, 7) is 4.69. The van der Waals surface area contributed by atoms with Gasteiger partial charge in [0, 0.05) is 24.3 Å². The topological polar surface area (TPSA) is 68.8 Å². The lowest BCUT2D eigenvalue weighted by molar-refractivity contribution is -0.137. The fourth-order valence-corrected chi connectivity index (χ4v) is 3.47. The molecule has 0 fully saturated rings. The van der Waals surface area contributed by atoms with Gasteiger partial charge in [-0.25, -0.2) is 0 Å². The molecule has 0 bridgehead atoms. The molecule has 1 aliphatic heterocycles. The highest BCUT2D eigenvalue weighted by molar-refractivity contribution is 6.31. The van der Waals surface area contributed by atoms with Gasteiger partial charge in [-0.05, 0) is 31.5 Å². The molecule has 0 radical (unpaired) electrons. The van der Waals surface area contributed by atoms with Crippen LogP contribution in [0.1, 0.15) is 30.0 Å². The lowest BCUT2D eigenvalue weighted by Gasteiger charge is -2.32. The van der Waals surface area contributed by atoms with Crippen molar-refractivity contribution in [2.75, 3.05) is 0 Å². The standard InChI is InChI=1S/C18H19ClN6O/c1-11-8-15(22-23(11)3)17-21-20-16-10-24(18(26)12(2)25(16)17)9-13-6-4-5-7-14(13)19/h4-8,12H,9-10H2,1-3H3/t12-/m0/s1. The van der Waals surface area contributed by atoms with E-state index < -0.39 is 6.04 Å². The summed E-state index contributed by atoms with van der Waals surface area (Å²) in [5.41, 5.74) is 2.67. The lowest BCUT2D eigenvalue weighted by Crippen LogP contribution is -2.41. The maximum atomic E-state index is 12.9. The predicted octanol–water partition coefficient (Wildman–Crippen LogP) is 2.74. The van der Waals surface area contributed by atoms with E-state index in [1.807, 2.05) is 55.8 Å². The van der Waals surface area contributed by atoms with Crippen LogP contribution in [0.3, 0.4) is 0 Å². The number of carbonyl (C=O) groups is 1. The predicted molar refractivity (Wildman–Crippen MR) is 97.4 cm³/mol. The van der Waals surface area contributed by atoms with Crippen molar-refractivity contribution < 1.29 is 4.79 Å².